The summed E-state index contributed by atoms with van der Waals surface area (Å²) < 4.78 is 23.8. The second-order valence-electron chi connectivity index (χ2n) is 4.86. The van der Waals surface area contributed by atoms with Crippen LogP contribution < -0.4 is 4.74 Å². The van der Waals surface area contributed by atoms with E-state index in [1.807, 2.05) is 30.3 Å². The molecule has 5 heteroatoms. The lowest BCUT2D eigenvalue weighted by atomic mass is 10.1. The van der Waals surface area contributed by atoms with E-state index in [9.17, 15) is 9.18 Å². The van der Waals surface area contributed by atoms with Crippen molar-refractivity contribution in [3.8, 4) is 28.7 Å². The minimum Gasteiger partial charge on any atom is -0.408 e. The number of esters is 1. The molecule has 0 aliphatic carbocycles. The van der Waals surface area contributed by atoms with E-state index in [4.69, 9.17) is 9.15 Å². The first-order valence-corrected chi connectivity index (χ1v) is 7.20. The molecule has 0 spiro atoms. The van der Waals surface area contributed by atoms with E-state index >= 15 is 0 Å². The summed E-state index contributed by atoms with van der Waals surface area (Å²) in [6.07, 6.45) is 0.101. The van der Waals surface area contributed by atoms with Crippen LogP contribution in [0.25, 0.3) is 22.6 Å². The van der Waals surface area contributed by atoms with Gasteiger partial charge in [-0.05, 0) is 24.3 Å². The van der Waals surface area contributed by atoms with Gasteiger partial charge in [-0.3, -0.25) is 4.79 Å². The molecule has 4 nitrogen and oxygen atoms in total. The quantitative estimate of drug-likeness (QED) is 0.667. The fourth-order valence-corrected chi connectivity index (χ4v) is 2.10. The zero-order valence-corrected chi connectivity index (χ0v) is 12.5. The summed E-state index contributed by atoms with van der Waals surface area (Å²) in [6, 6.07) is 15.2. The van der Waals surface area contributed by atoms with Crippen LogP contribution in [0.2, 0.25) is 0 Å². The highest BCUT2D eigenvalue weighted by atomic mass is 19.1. The molecule has 0 bridgehead atoms. The molecule has 0 aliphatic heterocycles. The van der Waals surface area contributed by atoms with Gasteiger partial charge in [0.1, 0.15) is 11.5 Å². The molecule has 1 heterocycles. The van der Waals surface area contributed by atoms with Crippen LogP contribution in [0.15, 0.2) is 59.0 Å². The Balaban J connectivity index is 2.08. The molecule has 0 unspecified atom stereocenters. The SMILES string of the molecule is CCC(=O)Oc1nc(-c2ccccc2)c(-c2ccc(F)cc2)o1. The largest absolute Gasteiger partial charge is 0.408 e. The van der Waals surface area contributed by atoms with E-state index in [1.54, 1.807) is 19.1 Å². The van der Waals surface area contributed by atoms with Gasteiger partial charge in [0, 0.05) is 17.5 Å². The number of benzene rings is 2. The Morgan fingerprint density at radius 2 is 1.78 bits per heavy atom. The van der Waals surface area contributed by atoms with E-state index in [2.05, 4.69) is 4.98 Å². The number of rotatable bonds is 4. The van der Waals surface area contributed by atoms with Crippen LogP contribution in [-0.2, 0) is 4.79 Å². The molecule has 3 aromatic rings. The summed E-state index contributed by atoms with van der Waals surface area (Å²) in [6.45, 7) is 1.68. The number of hydrogen-bond acceptors (Lipinski definition) is 4. The van der Waals surface area contributed by atoms with Gasteiger partial charge >= 0.3 is 12.0 Å². The Hall–Kier alpha value is -2.95. The summed E-state index contributed by atoms with van der Waals surface area (Å²) in [5, 5.41) is 0. The van der Waals surface area contributed by atoms with E-state index in [0.717, 1.165) is 5.56 Å². The van der Waals surface area contributed by atoms with Gasteiger partial charge < -0.3 is 9.15 Å². The van der Waals surface area contributed by atoms with Gasteiger partial charge in [-0.25, -0.2) is 4.39 Å². The van der Waals surface area contributed by atoms with Crippen LogP contribution in [0.4, 0.5) is 4.39 Å². The topological polar surface area (TPSA) is 52.3 Å². The van der Waals surface area contributed by atoms with Crippen molar-refractivity contribution in [2.75, 3.05) is 0 Å². The van der Waals surface area contributed by atoms with Gasteiger partial charge in [0.15, 0.2) is 5.76 Å². The highest BCUT2D eigenvalue weighted by molar-refractivity contribution is 5.78. The second kappa shape index (κ2) is 6.44. The lowest BCUT2D eigenvalue weighted by molar-refractivity contribution is -0.135. The summed E-state index contributed by atoms with van der Waals surface area (Å²) in [4.78, 5) is 15.7. The minimum absolute atomic E-state index is 0.116. The molecule has 23 heavy (non-hydrogen) atoms. The fourth-order valence-electron chi connectivity index (χ4n) is 2.10. The lowest BCUT2D eigenvalue weighted by Gasteiger charge is -2.01. The van der Waals surface area contributed by atoms with Gasteiger partial charge in [0.25, 0.3) is 0 Å². The Kier molecular flexibility index (Phi) is 4.19. The number of nitrogens with zero attached hydrogens (tertiary/aromatic N) is 1. The van der Waals surface area contributed by atoms with Crippen LogP contribution in [0.1, 0.15) is 13.3 Å². The third kappa shape index (κ3) is 3.29. The van der Waals surface area contributed by atoms with Crippen molar-refractivity contribution in [3.63, 3.8) is 0 Å². The zero-order chi connectivity index (χ0) is 16.2. The van der Waals surface area contributed by atoms with Crippen LogP contribution in [-0.4, -0.2) is 11.0 Å². The predicted molar refractivity (Wildman–Crippen MR) is 83.3 cm³/mol. The van der Waals surface area contributed by atoms with Gasteiger partial charge in [-0.15, -0.1) is 0 Å². The molecule has 0 N–H and O–H groups in total. The molecule has 116 valence electrons. The zero-order valence-electron chi connectivity index (χ0n) is 12.5. The Labute approximate surface area is 132 Å². The van der Waals surface area contributed by atoms with Gasteiger partial charge in [0.05, 0.1) is 0 Å². The minimum atomic E-state index is -0.434. The molecule has 0 radical (unpaired) electrons. The number of ether oxygens (including phenoxy) is 1. The van der Waals surface area contributed by atoms with Gasteiger partial charge in [-0.2, -0.15) is 4.98 Å². The van der Waals surface area contributed by atoms with Crippen molar-refractivity contribution in [2.45, 2.75) is 13.3 Å². The van der Waals surface area contributed by atoms with Crippen molar-refractivity contribution in [2.24, 2.45) is 0 Å². The normalized spacial score (nSPS) is 10.5. The van der Waals surface area contributed by atoms with E-state index < -0.39 is 5.97 Å². The highest BCUT2D eigenvalue weighted by Gasteiger charge is 2.19. The first-order chi connectivity index (χ1) is 11.2. The monoisotopic (exact) mass is 311 g/mol. The Morgan fingerprint density at radius 1 is 1.09 bits per heavy atom. The smallest absolute Gasteiger partial charge is 0.402 e. The maximum Gasteiger partial charge on any atom is 0.402 e. The summed E-state index contributed by atoms with van der Waals surface area (Å²) in [5.41, 5.74) is 2.00. The molecule has 0 fully saturated rings. The standard InChI is InChI=1S/C18H14FNO3/c1-2-15(21)22-18-20-16(12-6-4-3-5-7-12)17(23-18)13-8-10-14(19)11-9-13/h3-11H,2H2,1H3. The number of halogens is 1. The van der Waals surface area contributed by atoms with Crippen LogP contribution in [0.3, 0.4) is 0 Å². The molecule has 2 aromatic carbocycles. The lowest BCUT2D eigenvalue weighted by Crippen LogP contribution is -2.05. The van der Waals surface area contributed by atoms with Crippen molar-refractivity contribution in [1.82, 2.24) is 4.98 Å². The van der Waals surface area contributed by atoms with E-state index in [-0.39, 0.29) is 18.3 Å². The molecular weight excluding hydrogens is 297 g/mol. The first-order valence-electron chi connectivity index (χ1n) is 7.20. The van der Waals surface area contributed by atoms with Crippen LogP contribution in [0, 0.1) is 5.82 Å². The number of carbonyl (C=O) groups is 1. The third-order valence-corrected chi connectivity index (χ3v) is 3.25. The Bertz CT molecular complexity index is 810. The molecule has 0 saturated carbocycles. The van der Waals surface area contributed by atoms with Gasteiger partial charge in [-0.1, -0.05) is 37.3 Å². The van der Waals surface area contributed by atoms with Gasteiger partial charge in [0.2, 0.25) is 0 Å². The molecule has 0 amide bonds. The summed E-state index contributed by atoms with van der Waals surface area (Å²) >= 11 is 0. The summed E-state index contributed by atoms with van der Waals surface area (Å²) in [7, 11) is 0. The number of oxazole rings is 1. The molecule has 0 saturated heterocycles. The third-order valence-electron chi connectivity index (χ3n) is 3.25. The molecule has 0 atom stereocenters. The van der Waals surface area contributed by atoms with Crippen molar-refractivity contribution < 1.29 is 18.3 Å². The Morgan fingerprint density at radius 3 is 2.43 bits per heavy atom. The predicted octanol–water partition coefficient (Wildman–Crippen LogP) is 4.46. The average Bonchev–Trinajstić information content (AvgIpc) is 3.00. The maximum atomic E-state index is 13.1. The first kappa shape index (κ1) is 15.0. The average molecular weight is 311 g/mol. The molecule has 1 aromatic heterocycles. The number of aromatic nitrogens is 1. The van der Waals surface area contributed by atoms with E-state index in [0.29, 0.717) is 17.0 Å². The van der Waals surface area contributed by atoms with Crippen molar-refractivity contribution in [3.05, 3.63) is 60.4 Å². The molecule has 3 rings (SSSR count). The fraction of sp³-hybridized carbons (Fsp3) is 0.111. The number of carbonyl (C=O) groups excluding carboxylic acids is 1. The maximum absolute atomic E-state index is 13.1. The van der Waals surface area contributed by atoms with Crippen LogP contribution in [0.5, 0.6) is 6.08 Å². The highest BCUT2D eigenvalue weighted by Crippen LogP contribution is 2.35. The van der Waals surface area contributed by atoms with E-state index in [1.165, 1.54) is 12.1 Å². The van der Waals surface area contributed by atoms with Crippen LogP contribution >= 0.6 is 0 Å². The summed E-state index contributed by atoms with van der Waals surface area (Å²) in [5.74, 6) is -0.348. The van der Waals surface area contributed by atoms with Crippen molar-refractivity contribution >= 4 is 5.97 Å². The second-order valence-corrected chi connectivity index (χ2v) is 4.86. The molecule has 0 aliphatic rings. The number of hydrogen-bond donors (Lipinski definition) is 0. The van der Waals surface area contributed by atoms with Crippen molar-refractivity contribution in [1.29, 1.82) is 0 Å². The molecular formula is C18H14FNO3.